The summed E-state index contributed by atoms with van der Waals surface area (Å²) >= 11 is 0. The predicted octanol–water partition coefficient (Wildman–Crippen LogP) is 13.6. The fraction of sp³-hybridized carbons (Fsp3) is 0. The van der Waals surface area contributed by atoms with Crippen molar-refractivity contribution in [2.75, 3.05) is 5.32 Å². The van der Waals surface area contributed by atoms with Crippen molar-refractivity contribution in [1.29, 1.82) is 10.5 Å². The Morgan fingerprint density at radius 1 is 0.467 bits per heavy atom. The van der Waals surface area contributed by atoms with Gasteiger partial charge < -0.3 is 14.5 Å². The van der Waals surface area contributed by atoms with E-state index in [4.69, 9.17) is 0 Å². The first kappa shape index (κ1) is 33.7. The van der Waals surface area contributed by atoms with Gasteiger partial charge in [-0.2, -0.15) is 15.0 Å². The number of fused-ring (bicyclic) bond motifs is 10. The minimum absolute atomic E-state index is 0.208. The van der Waals surface area contributed by atoms with Crippen molar-refractivity contribution in [1.82, 2.24) is 13.6 Å². The van der Waals surface area contributed by atoms with Crippen LogP contribution in [-0.2, 0) is 0 Å². The number of allylic oxidation sites excluding steroid dienone is 2. The molecule has 2 aliphatic heterocycles. The van der Waals surface area contributed by atoms with Crippen LogP contribution in [-0.4, -0.2) is 9.13 Å². The van der Waals surface area contributed by atoms with Crippen LogP contribution in [0.2, 0.25) is 0 Å². The van der Waals surface area contributed by atoms with Gasteiger partial charge in [0, 0.05) is 44.9 Å². The molecule has 8 aromatic carbocycles. The second-order valence-electron chi connectivity index (χ2n) is 15.3. The molecule has 12 rings (SSSR count). The summed E-state index contributed by atoms with van der Waals surface area (Å²) in [4.78, 5) is 0. The zero-order chi connectivity index (χ0) is 40.0. The van der Waals surface area contributed by atoms with Crippen LogP contribution in [0, 0.1) is 22.7 Å². The van der Waals surface area contributed by atoms with Gasteiger partial charge in [0.1, 0.15) is 35.2 Å². The van der Waals surface area contributed by atoms with E-state index in [1.165, 1.54) is 0 Å². The van der Waals surface area contributed by atoms with E-state index < -0.39 is 0 Å². The van der Waals surface area contributed by atoms with Crippen molar-refractivity contribution in [2.24, 2.45) is 0 Å². The number of nitrogens with one attached hydrogen (secondary N) is 1. The predicted molar refractivity (Wildman–Crippen MR) is 245 cm³/mol. The number of aromatic nitrogens is 2. The third kappa shape index (κ3) is 4.43. The van der Waals surface area contributed by atoms with Gasteiger partial charge >= 0.3 is 0 Å². The van der Waals surface area contributed by atoms with Crippen molar-refractivity contribution in [3.05, 3.63) is 211 Å². The highest BCUT2D eigenvalue weighted by atomic mass is 15.4. The second kappa shape index (κ2) is 12.8. The van der Waals surface area contributed by atoms with Crippen molar-refractivity contribution >= 4 is 72.1 Å². The van der Waals surface area contributed by atoms with Crippen molar-refractivity contribution in [2.45, 2.75) is 0 Å². The van der Waals surface area contributed by atoms with Crippen LogP contribution in [0.3, 0.4) is 0 Å². The molecule has 1 N–H and O–H groups in total. The van der Waals surface area contributed by atoms with Gasteiger partial charge in [-0.3, -0.25) is 0 Å². The molecule has 0 saturated carbocycles. The van der Waals surface area contributed by atoms with E-state index in [2.05, 4.69) is 166 Å². The molecule has 0 saturated heterocycles. The van der Waals surface area contributed by atoms with E-state index in [9.17, 15) is 10.5 Å². The summed E-state index contributed by atoms with van der Waals surface area (Å²) in [5.74, 6) is 0. The molecule has 1 unspecified atom stereocenters. The fourth-order valence-electron chi connectivity index (χ4n) is 9.97. The molecule has 1 atom stereocenters. The average Bonchev–Trinajstić information content (AvgIpc) is 3.96. The summed E-state index contributed by atoms with van der Waals surface area (Å²) in [6.07, 6.45) is 6.45. The van der Waals surface area contributed by atoms with Crippen LogP contribution in [0.25, 0.3) is 71.8 Å². The Bertz CT molecular complexity index is 3500. The number of hydrogen-bond donors (Lipinski definition) is 1. The first-order valence-corrected chi connectivity index (χ1v) is 20.0. The number of nitrogens with zero attached hydrogens (tertiary/aromatic N) is 5. The van der Waals surface area contributed by atoms with Gasteiger partial charge in [-0.05, 0) is 48.0 Å². The molecule has 0 spiro atoms. The molecule has 6 nitrogen and oxygen atoms in total. The average molecular weight is 766 g/mol. The minimum atomic E-state index is 0.208. The molecule has 2 aliphatic rings. The molecule has 4 heterocycles. The Balaban J connectivity index is 1.34. The van der Waals surface area contributed by atoms with Gasteiger partial charge in [0.05, 0.1) is 39.0 Å². The first-order valence-electron chi connectivity index (χ1n) is 20.0. The number of anilines is 2. The molecule has 0 radical (unpaired) electrons. The number of para-hydroxylation sites is 6. The van der Waals surface area contributed by atoms with Crippen LogP contribution in [0.1, 0.15) is 16.7 Å². The van der Waals surface area contributed by atoms with E-state index in [0.717, 1.165) is 88.7 Å². The zero-order valence-electron chi connectivity index (χ0n) is 32.2. The van der Waals surface area contributed by atoms with Crippen LogP contribution in [0.4, 0.5) is 22.7 Å². The SMILES string of the molecule is N#Cc1c(Nc2ccccc2-c2ccccc2)c(-n2c3ccccc3c3ccccc32)c([N+]23C=CC=C2c2ccccc23)c(C#N)c1-n1c2ccccc2c2ccccc21. The highest BCUT2D eigenvalue weighted by Crippen LogP contribution is 2.63. The lowest BCUT2D eigenvalue weighted by atomic mass is 9.89. The molecule has 60 heavy (non-hydrogen) atoms. The fourth-order valence-corrected chi connectivity index (χ4v) is 9.97. The third-order valence-electron chi connectivity index (χ3n) is 12.4. The molecule has 0 bridgehead atoms. The lowest BCUT2D eigenvalue weighted by molar-refractivity contribution is 0.660. The van der Waals surface area contributed by atoms with Gasteiger partial charge in [-0.1, -0.05) is 133 Å². The molecule has 278 valence electrons. The van der Waals surface area contributed by atoms with Crippen LogP contribution >= 0.6 is 0 Å². The smallest absolute Gasteiger partial charge is 0.194 e. The summed E-state index contributed by atoms with van der Waals surface area (Å²) in [6, 6.07) is 65.9. The van der Waals surface area contributed by atoms with Gasteiger partial charge in [0.25, 0.3) is 0 Å². The normalized spacial score (nSPS) is 15.1. The van der Waals surface area contributed by atoms with E-state index >= 15 is 0 Å². The highest BCUT2D eigenvalue weighted by molar-refractivity contribution is 6.15. The number of rotatable bonds is 6. The molecule has 0 fully saturated rings. The number of nitriles is 2. The Hall–Kier alpha value is -8.42. The maximum Gasteiger partial charge on any atom is 0.194 e. The monoisotopic (exact) mass is 765 g/mol. The lowest BCUT2D eigenvalue weighted by Crippen LogP contribution is -2.44. The molecular weight excluding hydrogens is 733 g/mol. The van der Waals surface area contributed by atoms with E-state index in [-0.39, 0.29) is 4.48 Å². The zero-order valence-corrected chi connectivity index (χ0v) is 32.2. The molecule has 0 amide bonds. The third-order valence-corrected chi connectivity index (χ3v) is 12.4. The Morgan fingerprint density at radius 2 is 0.950 bits per heavy atom. The van der Waals surface area contributed by atoms with Crippen LogP contribution in [0.5, 0.6) is 0 Å². The highest BCUT2D eigenvalue weighted by Gasteiger charge is 2.55. The summed E-state index contributed by atoms with van der Waals surface area (Å²) in [5.41, 5.74) is 13.3. The minimum Gasteiger partial charge on any atom is -0.352 e. The van der Waals surface area contributed by atoms with Crippen molar-refractivity contribution in [3.63, 3.8) is 0 Å². The first-order chi connectivity index (χ1) is 29.7. The molecule has 10 aromatic rings. The Kier molecular flexibility index (Phi) is 7.19. The Labute approximate surface area is 345 Å². The summed E-state index contributed by atoms with van der Waals surface area (Å²) < 4.78 is 4.63. The Morgan fingerprint density at radius 3 is 1.53 bits per heavy atom. The van der Waals surface area contributed by atoms with Gasteiger partial charge in [0.2, 0.25) is 0 Å². The quantitative estimate of drug-likeness (QED) is 0.171. The van der Waals surface area contributed by atoms with E-state index in [0.29, 0.717) is 22.5 Å². The van der Waals surface area contributed by atoms with Crippen molar-refractivity contribution in [3.8, 4) is 34.6 Å². The molecule has 6 heteroatoms. The number of hydrogen-bond acceptors (Lipinski definition) is 3. The second-order valence-corrected chi connectivity index (χ2v) is 15.3. The summed E-state index contributed by atoms with van der Waals surface area (Å²) in [5, 5.41) is 32.0. The van der Waals surface area contributed by atoms with E-state index in [1.54, 1.807) is 0 Å². The summed E-state index contributed by atoms with van der Waals surface area (Å²) in [6.45, 7) is 0. The number of quaternary nitrogens is 1. The summed E-state index contributed by atoms with van der Waals surface area (Å²) in [7, 11) is 0. The standard InChI is InChI=1S/C54H33N6/c55-33-42-51(57-44-25-10-4-19-36(44)35-17-2-1-3-18-35)53(59-47-28-13-7-22-39(47)40-23-8-14-29-48(40)59)54(60-32-16-31-50(60)41-24-9-15-30-49(41)60)43(34-56)52(42)58-45-26-11-5-20-37(45)38-21-6-12-27-46(38)58/h1-32,57H/q+1. The molecule has 0 aliphatic carbocycles. The number of benzene rings is 8. The maximum absolute atomic E-state index is 12.0. The topological polar surface area (TPSA) is 69.5 Å². The van der Waals surface area contributed by atoms with Crippen LogP contribution < -0.4 is 9.80 Å². The molecular formula is C54H33N6+. The lowest BCUT2D eigenvalue weighted by Gasteiger charge is -2.44. The van der Waals surface area contributed by atoms with Gasteiger partial charge in [-0.25, -0.2) is 0 Å². The van der Waals surface area contributed by atoms with E-state index in [1.807, 2.05) is 54.6 Å². The van der Waals surface area contributed by atoms with Crippen molar-refractivity contribution < 1.29 is 0 Å². The van der Waals surface area contributed by atoms with Gasteiger partial charge in [0.15, 0.2) is 17.1 Å². The van der Waals surface area contributed by atoms with Gasteiger partial charge in [-0.15, -0.1) is 0 Å². The van der Waals surface area contributed by atoms with Crippen LogP contribution in [0.15, 0.2) is 194 Å². The molecule has 2 aromatic heterocycles. The maximum atomic E-state index is 12.0. The largest absolute Gasteiger partial charge is 0.352 e.